The standard InChI is InChI=1S/C72H116O6/c1-4-7-10-13-16-19-22-24-26-28-30-32-34-35-36-37-39-40-42-44-46-48-50-53-56-59-62-65-71(74)77-68-69(67-76-70(73)64-61-58-55-52-21-18-15-12-9-6-3)78-72(75)66-63-60-57-54-51-49-47-45-43-41-38-33-31-29-27-25-23-20-17-14-11-8-5-2/h7-8,10-11,16-17,19-20,24-27,30-33,35-36,39-41,43,47,49,69H,4-6,9,12-15,18,21-23,28-29,34,37-38,42,44-46,48,50-68H2,1-3H3/b10-7-,11-8-,19-16-,20-17-,26-24-,27-25-,32-30-,33-31-,36-35-,40-39-,43-41-,49-47-. The van der Waals surface area contributed by atoms with Crippen LogP contribution in [0.5, 0.6) is 0 Å². The summed E-state index contributed by atoms with van der Waals surface area (Å²) < 4.78 is 16.9. The molecule has 0 N–H and O–H groups in total. The van der Waals surface area contributed by atoms with Gasteiger partial charge in [-0.15, -0.1) is 0 Å². The smallest absolute Gasteiger partial charge is 0.306 e. The van der Waals surface area contributed by atoms with Crippen LogP contribution in [0.15, 0.2) is 146 Å². The third-order valence-electron chi connectivity index (χ3n) is 13.1. The van der Waals surface area contributed by atoms with Gasteiger partial charge in [0.05, 0.1) is 0 Å². The van der Waals surface area contributed by atoms with Gasteiger partial charge < -0.3 is 14.2 Å². The Morgan fingerprint density at radius 1 is 0.269 bits per heavy atom. The summed E-state index contributed by atoms with van der Waals surface area (Å²) >= 11 is 0. The van der Waals surface area contributed by atoms with E-state index >= 15 is 0 Å². The van der Waals surface area contributed by atoms with Gasteiger partial charge in [0.15, 0.2) is 6.10 Å². The fourth-order valence-corrected chi connectivity index (χ4v) is 8.39. The third kappa shape index (κ3) is 62.1. The minimum Gasteiger partial charge on any atom is -0.462 e. The summed E-state index contributed by atoms with van der Waals surface area (Å²) in [7, 11) is 0. The lowest BCUT2D eigenvalue weighted by atomic mass is 10.1. The maximum atomic E-state index is 12.9. The molecule has 0 aliphatic carbocycles. The van der Waals surface area contributed by atoms with Gasteiger partial charge in [-0.2, -0.15) is 0 Å². The molecule has 0 aliphatic rings. The van der Waals surface area contributed by atoms with E-state index in [-0.39, 0.29) is 31.1 Å². The van der Waals surface area contributed by atoms with Gasteiger partial charge in [-0.25, -0.2) is 0 Å². The second-order valence-electron chi connectivity index (χ2n) is 20.6. The summed E-state index contributed by atoms with van der Waals surface area (Å²) in [6, 6.07) is 0. The lowest BCUT2D eigenvalue weighted by molar-refractivity contribution is -0.167. The number of carbonyl (C=O) groups is 3. The molecule has 6 nitrogen and oxygen atoms in total. The van der Waals surface area contributed by atoms with Gasteiger partial charge in [-0.3, -0.25) is 14.4 Å². The molecule has 1 unspecified atom stereocenters. The average Bonchev–Trinajstić information content (AvgIpc) is 3.44. The number of carbonyl (C=O) groups excluding carboxylic acids is 3. The van der Waals surface area contributed by atoms with Crippen molar-refractivity contribution in [1.29, 1.82) is 0 Å². The van der Waals surface area contributed by atoms with Gasteiger partial charge in [-0.05, 0) is 122 Å². The first-order valence-corrected chi connectivity index (χ1v) is 31.8. The summed E-state index contributed by atoms with van der Waals surface area (Å²) in [6.45, 7) is 6.37. The van der Waals surface area contributed by atoms with Crippen molar-refractivity contribution in [2.75, 3.05) is 13.2 Å². The average molecular weight is 1080 g/mol. The van der Waals surface area contributed by atoms with Crippen molar-refractivity contribution < 1.29 is 28.6 Å². The van der Waals surface area contributed by atoms with Crippen LogP contribution in [-0.4, -0.2) is 37.2 Å². The second kappa shape index (κ2) is 64.8. The van der Waals surface area contributed by atoms with Crippen LogP contribution < -0.4 is 0 Å². The Hall–Kier alpha value is -4.71. The zero-order valence-corrected chi connectivity index (χ0v) is 50.4. The van der Waals surface area contributed by atoms with Crippen LogP contribution in [0.4, 0.5) is 0 Å². The van der Waals surface area contributed by atoms with Crippen LogP contribution in [0.1, 0.15) is 271 Å². The monoisotopic (exact) mass is 1080 g/mol. The Labute approximate surface area is 480 Å². The molecule has 0 saturated carbocycles. The van der Waals surface area contributed by atoms with Crippen LogP contribution in [0, 0.1) is 0 Å². The highest BCUT2D eigenvalue weighted by Gasteiger charge is 2.19. The second-order valence-corrected chi connectivity index (χ2v) is 20.6. The van der Waals surface area contributed by atoms with Crippen LogP contribution in [-0.2, 0) is 28.6 Å². The summed E-state index contributed by atoms with van der Waals surface area (Å²) in [4.78, 5) is 38.2. The molecule has 0 fully saturated rings. The Kier molecular flexibility index (Phi) is 60.9. The molecule has 0 aliphatic heterocycles. The summed E-state index contributed by atoms with van der Waals surface area (Å²) in [5.74, 6) is -0.930. The van der Waals surface area contributed by atoms with Gasteiger partial charge in [0.1, 0.15) is 13.2 Å². The van der Waals surface area contributed by atoms with Gasteiger partial charge in [0.25, 0.3) is 0 Å². The molecule has 0 rings (SSSR count). The van der Waals surface area contributed by atoms with Crippen LogP contribution in [0.25, 0.3) is 0 Å². The Balaban J connectivity index is 4.36. The van der Waals surface area contributed by atoms with E-state index in [9.17, 15) is 14.4 Å². The van der Waals surface area contributed by atoms with Crippen molar-refractivity contribution >= 4 is 17.9 Å². The first-order valence-electron chi connectivity index (χ1n) is 31.8. The topological polar surface area (TPSA) is 78.9 Å². The maximum Gasteiger partial charge on any atom is 0.306 e. The highest BCUT2D eigenvalue weighted by Crippen LogP contribution is 2.15. The molecule has 0 radical (unpaired) electrons. The molecule has 0 aromatic rings. The maximum absolute atomic E-state index is 12.9. The normalized spacial score (nSPS) is 13.1. The van der Waals surface area contributed by atoms with E-state index in [1.54, 1.807) is 0 Å². The molecular formula is C72H116O6. The van der Waals surface area contributed by atoms with E-state index < -0.39 is 6.10 Å². The van der Waals surface area contributed by atoms with E-state index in [1.807, 2.05) is 0 Å². The molecule has 0 heterocycles. The van der Waals surface area contributed by atoms with Crippen molar-refractivity contribution in [3.05, 3.63) is 146 Å². The van der Waals surface area contributed by atoms with Gasteiger partial charge in [-0.1, -0.05) is 276 Å². The predicted molar refractivity (Wildman–Crippen MR) is 339 cm³/mol. The number of rotatable bonds is 56. The zero-order valence-electron chi connectivity index (χ0n) is 50.4. The van der Waals surface area contributed by atoms with E-state index in [0.29, 0.717) is 19.3 Å². The van der Waals surface area contributed by atoms with E-state index in [2.05, 4.69) is 167 Å². The van der Waals surface area contributed by atoms with Gasteiger partial charge >= 0.3 is 17.9 Å². The van der Waals surface area contributed by atoms with Crippen molar-refractivity contribution in [2.45, 2.75) is 277 Å². The molecule has 0 saturated heterocycles. The summed E-state index contributed by atoms with van der Waals surface area (Å²) in [5, 5.41) is 0. The molecule has 0 aromatic heterocycles. The SMILES string of the molecule is CC/C=C\C/C=C\C/C=C\C/C=C\C/C=C\C/C=C\CCCCCCCCCCC(=O)OCC(COC(=O)CCCCCCCCCCCC)OC(=O)CCCCCC/C=C\C/C=C\C/C=C\C/C=C\C/C=C\C/C=C\CC. The number of unbranched alkanes of at least 4 members (excludes halogenated alkanes) is 21. The number of allylic oxidation sites excluding steroid dienone is 24. The van der Waals surface area contributed by atoms with Gasteiger partial charge in [0, 0.05) is 19.3 Å². The molecule has 1 atom stereocenters. The Bertz CT molecular complexity index is 1710. The molecule has 0 bridgehead atoms. The minimum atomic E-state index is -0.800. The lowest BCUT2D eigenvalue weighted by Crippen LogP contribution is -2.30. The third-order valence-corrected chi connectivity index (χ3v) is 13.1. The molecule has 78 heavy (non-hydrogen) atoms. The van der Waals surface area contributed by atoms with Crippen LogP contribution >= 0.6 is 0 Å². The van der Waals surface area contributed by atoms with E-state index in [1.165, 1.54) is 77.0 Å². The van der Waals surface area contributed by atoms with Crippen molar-refractivity contribution in [3.63, 3.8) is 0 Å². The molecule has 6 heteroatoms. The van der Waals surface area contributed by atoms with Crippen molar-refractivity contribution in [2.24, 2.45) is 0 Å². The first kappa shape index (κ1) is 73.3. The molecule has 0 spiro atoms. The molecule has 0 aromatic carbocycles. The largest absolute Gasteiger partial charge is 0.462 e. The van der Waals surface area contributed by atoms with Gasteiger partial charge in [0.2, 0.25) is 0 Å². The lowest BCUT2D eigenvalue weighted by Gasteiger charge is -2.18. The first-order chi connectivity index (χ1) is 38.5. The molecule has 0 amide bonds. The number of hydrogen-bond acceptors (Lipinski definition) is 6. The van der Waals surface area contributed by atoms with E-state index in [4.69, 9.17) is 14.2 Å². The highest BCUT2D eigenvalue weighted by atomic mass is 16.6. The van der Waals surface area contributed by atoms with Crippen molar-refractivity contribution in [3.8, 4) is 0 Å². The number of ether oxygens (including phenoxy) is 3. The fourth-order valence-electron chi connectivity index (χ4n) is 8.39. The predicted octanol–water partition coefficient (Wildman–Crippen LogP) is 21.9. The Morgan fingerprint density at radius 3 is 0.782 bits per heavy atom. The molecule has 440 valence electrons. The fraction of sp³-hybridized carbons (Fsp3) is 0.625. The number of esters is 3. The van der Waals surface area contributed by atoms with Crippen LogP contribution in [0.3, 0.4) is 0 Å². The summed E-state index contributed by atoms with van der Waals surface area (Å²) in [6.07, 6.45) is 92.8. The summed E-state index contributed by atoms with van der Waals surface area (Å²) in [5.41, 5.74) is 0. The van der Waals surface area contributed by atoms with E-state index in [0.717, 1.165) is 154 Å². The molecular weight excluding hydrogens is 961 g/mol. The van der Waals surface area contributed by atoms with Crippen molar-refractivity contribution in [1.82, 2.24) is 0 Å². The van der Waals surface area contributed by atoms with Crippen LogP contribution in [0.2, 0.25) is 0 Å². The Morgan fingerprint density at radius 2 is 0.500 bits per heavy atom. The quantitative estimate of drug-likeness (QED) is 0.0261. The zero-order chi connectivity index (χ0) is 56.4. The minimum absolute atomic E-state index is 0.0943. The number of hydrogen-bond donors (Lipinski definition) is 0. The highest BCUT2D eigenvalue weighted by molar-refractivity contribution is 5.71.